The molecule has 3 aromatic rings. The number of aryl methyl sites for hydroxylation is 2. The highest BCUT2D eigenvalue weighted by atomic mass is 32.1. The molecule has 0 aliphatic heterocycles. The Labute approximate surface area is 175 Å². The van der Waals surface area contributed by atoms with E-state index in [2.05, 4.69) is 42.0 Å². The zero-order chi connectivity index (χ0) is 20.5. The Morgan fingerprint density at radius 3 is 2.24 bits per heavy atom. The molecule has 4 rings (SSSR count). The highest BCUT2D eigenvalue weighted by Crippen LogP contribution is 2.43. The summed E-state index contributed by atoms with van der Waals surface area (Å²) in [5.74, 6) is 1.92. The van der Waals surface area contributed by atoms with Crippen molar-refractivity contribution in [1.82, 2.24) is 4.57 Å². The molecule has 0 radical (unpaired) electrons. The number of ether oxygens (including phenoxy) is 3. The first kappa shape index (κ1) is 19.6. The van der Waals surface area contributed by atoms with Gasteiger partial charge in [0.05, 0.1) is 32.7 Å². The van der Waals surface area contributed by atoms with E-state index in [-0.39, 0.29) is 0 Å². The van der Waals surface area contributed by atoms with Crippen LogP contribution in [0, 0.1) is 13.8 Å². The van der Waals surface area contributed by atoms with E-state index in [1.807, 2.05) is 12.1 Å². The van der Waals surface area contributed by atoms with Gasteiger partial charge < -0.3 is 18.8 Å². The number of hydrogen-bond donors (Lipinski definition) is 0. The first-order valence-electron chi connectivity index (χ1n) is 9.68. The average molecular weight is 411 g/mol. The molecule has 0 atom stereocenters. The molecular weight excluding hydrogens is 384 g/mol. The molecule has 1 aliphatic carbocycles. The largest absolute Gasteiger partial charge is 0.493 e. The highest BCUT2D eigenvalue weighted by molar-refractivity contribution is 7.07. The minimum atomic E-state index is 0.485. The van der Waals surface area contributed by atoms with Crippen LogP contribution in [0.5, 0.6) is 17.2 Å². The number of hydrogen-bond acceptors (Lipinski definition) is 5. The molecular formula is C23H26N2O3S. The van der Waals surface area contributed by atoms with E-state index in [1.54, 1.807) is 32.7 Å². The van der Waals surface area contributed by atoms with Crippen LogP contribution in [0.2, 0.25) is 0 Å². The second-order valence-corrected chi connectivity index (χ2v) is 8.16. The quantitative estimate of drug-likeness (QED) is 0.545. The average Bonchev–Trinajstić information content (AvgIpc) is 3.49. The maximum atomic E-state index is 5.55. The van der Waals surface area contributed by atoms with Crippen molar-refractivity contribution in [3.8, 4) is 28.5 Å². The van der Waals surface area contributed by atoms with Crippen LogP contribution in [0.4, 0.5) is 5.69 Å². The van der Waals surface area contributed by atoms with Crippen molar-refractivity contribution in [3.63, 3.8) is 0 Å². The van der Waals surface area contributed by atoms with Gasteiger partial charge in [0, 0.05) is 17.0 Å². The predicted molar refractivity (Wildman–Crippen MR) is 117 cm³/mol. The van der Waals surface area contributed by atoms with Crippen LogP contribution in [0.1, 0.15) is 30.0 Å². The summed E-state index contributed by atoms with van der Waals surface area (Å²) in [6.07, 6.45) is 2.35. The van der Waals surface area contributed by atoms with E-state index >= 15 is 0 Å². The van der Waals surface area contributed by atoms with Crippen LogP contribution in [-0.4, -0.2) is 25.9 Å². The molecule has 29 heavy (non-hydrogen) atoms. The van der Waals surface area contributed by atoms with Gasteiger partial charge in [0.15, 0.2) is 16.3 Å². The number of aromatic nitrogens is 1. The third kappa shape index (κ3) is 3.77. The molecule has 1 aliphatic rings. The molecule has 0 spiro atoms. The fourth-order valence-corrected chi connectivity index (χ4v) is 4.45. The monoisotopic (exact) mass is 410 g/mol. The number of thiazole rings is 1. The zero-order valence-corrected chi connectivity index (χ0v) is 18.3. The van der Waals surface area contributed by atoms with Crippen LogP contribution in [0.25, 0.3) is 11.3 Å². The molecule has 6 heteroatoms. The Balaban J connectivity index is 1.89. The Hall–Kier alpha value is -2.73. The maximum Gasteiger partial charge on any atom is 0.203 e. The lowest BCUT2D eigenvalue weighted by molar-refractivity contribution is 0.324. The van der Waals surface area contributed by atoms with Crippen LogP contribution in [-0.2, 0) is 0 Å². The molecule has 0 bridgehead atoms. The summed E-state index contributed by atoms with van der Waals surface area (Å²) in [5.41, 5.74) is 5.58. The van der Waals surface area contributed by atoms with Gasteiger partial charge in [-0.3, -0.25) is 0 Å². The van der Waals surface area contributed by atoms with Crippen molar-refractivity contribution in [2.75, 3.05) is 21.3 Å². The molecule has 1 saturated carbocycles. The van der Waals surface area contributed by atoms with Gasteiger partial charge in [0.1, 0.15) is 0 Å². The molecule has 1 aromatic heterocycles. The van der Waals surface area contributed by atoms with E-state index in [4.69, 9.17) is 19.2 Å². The van der Waals surface area contributed by atoms with Crippen molar-refractivity contribution in [2.24, 2.45) is 4.99 Å². The molecule has 152 valence electrons. The SMILES string of the molecule is COc1cc(-c2csc(=Nc3cc(C)ccc3C)n2C2CC2)cc(OC)c1OC. The van der Waals surface area contributed by atoms with E-state index < -0.39 is 0 Å². The van der Waals surface area contributed by atoms with Crippen molar-refractivity contribution in [1.29, 1.82) is 0 Å². The number of nitrogens with zero attached hydrogens (tertiary/aromatic N) is 2. The van der Waals surface area contributed by atoms with Crippen molar-refractivity contribution >= 4 is 17.0 Å². The standard InChI is InChI=1S/C23H26N2O3S/c1-14-6-7-15(2)18(10-14)24-23-25(17-8-9-17)19(13-29-23)16-11-20(26-3)22(28-5)21(12-16)27-4/h6-7,10-13,17H,8-9H2,1-5H3. The molecule has 0 N–H and O–H groups in total. The lowest BCUT2D eigenvalue weighted by Crippen LogP contribution is -2.14. The smallest absolute Gasteiger partial charge is 0.203 e. The van der Waals surface area contributed by atoms with Crippen LogP contribution in [0.3, 0.4) is 0 Å². The van der Waals surface area contributed by atoms with Gasteiger partial charge in [0.25, 0.3) is 0 Å². The van der Waals surface area contributed by atoms with Gasteiger partial charge in [-0.25, -0.2) is 4.99 Å². The Morgan fingerprint density at radius 2 is 1.66 bits per heavy atom. The normalized spacial score (nSPS) is 14.2. The third-order valence-electron chi connectivity index (χ3n) is 5.19. The maximum absolute atomic E-state index is 5.55. The first-order chi connectivity index (χ1) is 14.0. The van der Waals surface area contributed by atoms with Crippen LogP contribution < -0.4 is 19.0 Å². The lowest BCUT2D eigenvalue weighted by Gasteiger charge is -2.15. The second-order valence-electron chi connectivity index (χ2n) is 7.32. The van der Waals surface area contributed by atoms with E-state index in [9.17, 15) is 0 Å². The number of benzene rings is 2. The molecule has 5 nitrogen and oxygen atoms in total. The number of methoxy groups -OCH3 is 3. The van der Waals surface area contributed by atoms with Crippen LogP contribution >= 0.6 is 11.3 Å². The van der Waals surface area contributed by atoms with Crippen LogP contribution in [0.15, 0.2) is 40.7 Å². The fraction of sp³-hybridized carbons (Fsp3) is 0.348. The van der Waals surface area contributed by atoms with E-state index in [0.717, 1.165) is 21.7 Å². The minimum Gasteiger partial charge on any atom is -0.493 e. The summed E-state index contributed by atoms with van der Waals surface area (Å²) in [6.45, 7) is 4.20. The van der Waals surface area contributed by atoms with E-state index in [0.29, 0.717) is 23.3 Å². The summed E-state index contributed by atoms with van der Waals surface area (Å²) in [7, 11) is 4.91. The Bertz CT molecular complexity index is 1080. The van der Waals surface area contributed by atoms with Gasteiger partial charge in [-0.1, -0.05) is 12.1 Å². The van der Waals surface area contributed by atoms with Gasteiger partial charge in [0.2, 0.25) is 5.75 Å². The fourth-order valence-electron chi connectivity index (χ4n) is 3.47. The molecule has 0 amide bonds. The summed E-state index contributed by atoms with van der Waals surface area (Å²) in [4.78, 5) is 6.04. The second kappa shape index (κ2) is 7.95. The van der Waals surface area contributed by atoms with Gasteiger partial charge in [-0.05, 0) is 56.0 Å². The third-order valence-corrected chi connectivity index (χ3v) is 6.03. The Kier molecular flexibility index (Phi) is 5.37. The number of rotatable bonds is 6. The van der Waals surface area contributed by atoms with Gasteiger partial charge in [-0.15, -0.1) is 11.3 Å². The summed E-state index contributed by atoms with van der Waals surface area (Å²) in [6, 6.07) is 10.9. The van der Waals surface area contributed by atoms with Gasteiger partial charge in [-0.2, -0.15) is 0 Å². The summed E-state index contributed by atoms with van der Waals surface area (Å²) in [5, 5.41) is 2.17. The van der Waals surface area contributed by atoms with Crippen molar-refractivity contribution < 1.29 is 14.2 Å². The molecule has 2 aromatic carbocycles. The minimum absolute atomic E-state index is 0.485. The van der Waals surface area contributed by atoms with Crippen molar-refractivity contribution in [2.45, 2.75) is 32.7 Å². The predicted octanol–water partition coefficient (Wildman–Crippen LogP) is 5.43. The Morgan fingerprint density at radius 1 is 0.966 bits per heavy atom. The molecule has 1 heterocycles. The highest BCUT2D eigenvalue weighted by Gasteiger charge is 2.28. The van der Waals surface area contributed by atoms with E-state index in [1.165, 1.54) is 24.0 Å². The molecule has 1 fully saturated rings. The van der Waals surface area contributed by atoms with Gasteiger partial charge >= 0.3 is 0 Å². The van der Waals surface area contributed by atoms with Crippen molar-refractivity contribution in [3.05, 3.63) is 51.6 Å². The first-order valence-corrected chi connectivity index (χ1v) is 10.6. The topological polar surface area (TPSA) is 45.0 Å². The molecule has 0 unspecified atom stereocenters. The zero-order valence-electron chi connectivity index (χ0n) is 17.5. The lowest BCUT2D eigenvalue weighted by atomic mass is 10.1. The summed E-state index contributed by atoms with van der Waals surface area (Å²) < 4.78 is 18.9. The molecule has 0 saturated heterocycles. The summed E-state index contributed by atoms with van der Waals surface area (Å²) >= 11 is 1.67.